The summed E-state index contributed by atoms with van der Waals surface area (Å²) in [7, 11) is -0.425. The van der Waals surface area contributed by atoms with Gasteiger partial charge in [-0.3, -0.25) is 4.79 Å². The number of ether oxygens (including phenoxy) is 3. The number of carbonyl (C=O) groups excluding carboxylic acids is 2. The van der Waals surface area contributed by atoms with Gasteiger partial charge in [0.2, 0.25) is 9.79 Å². The van der Waals surface area contributed by atoms with Gasteiger partial charge in [0.15, 0.2) is 16.4 Å². The molecule has 1 aliphatic rings. The molecule has 0 radical (unpaired) electrons. The zero-order valence-electron chi connectivity index (χ0n) is 17.4. The van der Waals surface area contributed by atoms with Crippen LogP contribution in [0.5, 0.6) is 17.2 Å². The number of esters is 2. The van der Waals surface area contributed by atoms with E-state index in [-0.39, 0.29) is 5.97 Å². The summed E-state index contributed by atoms with van der Waals surface area (Å²) in [6, 6.07) is 21.0. The van der Waals surface area contributed by atoms with Crippen LogP contribution in [0.1, 0.15) is 37.0 Å². The number of carbonyl (C=O) groups is 2. The lowest BCUT2D eigenvalue weighted by Crippen LogP contribution is -2.14. The molecule has 0 aliphatic carbocycles. The topological polar surface area (TPSA) is 61.8 Å². The van der Waals surface area contributed by atoms with Crippen molar-refractivity contribution in [1.29, 1.82) is 0 Å². The Morgan fingerprint density at radius 1 is 0.935 bits per heavy atom. The third-order valence-electron chi connectivity index (χ3n) is 4.73. The number of hydrogen-bond donors (Lipinski definition) is 0. The third-order valence-corrected chi connectivity index (χ3v) is 7.02. The molecule has 1 unspecified atom stereocenters. The van der Waals surface area contributed by atoms with Crippen LogP contribution >= 0.6 is 0 Å². The van der Waals surface area contributed by atoms with E-state index in [4.69, 9.17) is 14.2 Å². The molecule has 1 aliphatic heterocycles. The molecule has 31 heavy (non-hydrogen) atoms. The second-order valence-electron chi connectivity index (χ2n) is 7.07. The van der Waals surface area contributed by atoms with E-state index in [9.17, 15) is 9.59 Å². The lowest BCUT2D eigenvalue weighted by Gasteiger charge is -2.21. The molecule has 0 N–H and O–H groups in total. The first kappa shape index (κ1) is 21.0. The Bertz CT molecular complexity index is 1110. The number of fused-ring (bicyclic) bond motifs is 2. The average Bonchev–Trinajstić information content (AvgIpc) is 2.77. The molecule has 5 nitrogen and oxygen atoms in total. The molecule has 4 rings (SSSR count). The van der Waals surface area contributed by atoms with E-state index in [1.807, 2.05) is 37.3 Å². The molecule has 0 amide bonds. The number of hydrogen-bond acceptors (Lipinski definition) is 5. The third kappa shape index (κ3) is 4.59. The summed E-state index contributed by atoms with van der Waals surface area (Å²) >= 11 is 0. The van der Waals surface area contributed by atoms with Crippen molar-refractivity contribution >= 4 is 22.8 Å². The van der Waals surface area contributed by atoms with Crippen LogP contribution in [0.25, 0.3) is 0 Å². The second-order valence-corrected chi connectivity index (χ2v) is 9.04. The smallest absolute Gasteiger partial charge is 0.338 e. The van der Waals surface area contributed by atoms with Gasteiger partial charge in [-0.05, 0) is 36.8 Å². The molecule has 0 saturated carbocycles. The molecule has 0 bridgehead atoms. The quantitative estimate of drug-likeness (QED) is 0.167. The maximum absolute atomic E-state index is 12.4. The molecule has 0 aromatic heterocycles. The molecule has 3 aromatic rings. The van der Waals surface area contributed by atoms with Gasteiger partial charge in [0.05, 0.1) is 12.2 Å². The summed E-state index contributed by atoms with van der Waals surface area (Å²) in [5, 5.41) is 0. The highest BCUT2D eigenvalue weighted by Gasteiger charge is 2.40. The lowest BCUT2D eigenvalue weighted by atomic mass is 10.2. The molecular formula is C25H23O5S+. The van der Waals surface area contributed by atoms with Gasteiger partial charge in [-0.2, -0.15) is 0 Å². The number of rotatable bonds is 6. The fourth-order valence-electron chi connectivity index (χ4n) is 3.29. The Labute approximate surface area is 184 Å². The summed E-state index contributed by atoms with van der Waals surface area (Å²) < 4.78 is 16.8. The predicted octanol–water partition coefficient (Wildman–Crippen LogP) is 5.77. The first-order valence-corrected chi connectivity index (χ1v) is 11.4. The lowest BCUT2D eigenvalue weighted by molar-refractivity contribution is -0.131. The molecule has 158 valence electrons. The van der Waals surface area contributed by atoms with Gasteiger partial charge in [0, 0.05) is 25.1 Å². The van der Waals surface area contributed by atoms with E-state index in [1.165, 1.54) is 6.92 Å². The first-order valence-electron chi connectivity index (χ1n) is 10.2. The van der Waals surface area contributed by atoms with Crippen LogP contribution < -0.4 is 9.47 Å². The van der Waals surface area contributed by atoms with Crippen molar-refractivity contribution in [3.05, 3.63) is 72.3 Å². The van der Waals surface area contributed by atoms with E-state index in [1.54, 1.807) is 24.3 Å². The maximum atomic E-state index is 12.4. The van der Waals surface area contributed by atoms with Crippen LogP contribution in [0.4, 0.5) is 0 Å². The monoisotopic (exact) mass is 435 g/mol. The zero-order chi connectivity index (χ0) is 21.8. The van der Waals surface area contributed by atoms with Crippen LogP contribution in [-0.2, 0) is 20.4 Å². The average molecular weight is 436 g/mol. The minimum Gasteiger partial charge on any atom is -0.462 e. The SMILES string of the molecule is CCCCOC(=O)c1ccc2c(c1)Oc1cc(OC(C)=O)ccc1[S+]2c1ccccc1. The van der Waals surface area contributed by atoms with Crippen LogP contribution in [0, 0.1) is 0 Å². The van der Waals surface area contributed by atoms with E-state index in [2.05, 4.69) is 12.1 Å². The highest BCUT2D eigenvalue weighted by molar-refractivity contribution is 7.97. The van der Waals surface area contributed by atoms with E-state index < -0.39 is 16.9 Å². The fraction of sp³-hybridized carbons (Fsp3) is 0.200. The summed E-state index contributed by atoms with van der Waals surface area (Å²) in [4.78, 5) is 26.9. The molecule has 0 saturated heterocycles. The Hall–Kier alpha value is -3.25. The fourth-order valence-corrected chi connectivity index (χ4v) is 5.48. The highest BCUT2D eigenvalue weighted by Crippen LogP contribution is 2.48. The standard InChI is InChI=1S/C25H23O5S/c1-3-4-14-28-25(27)18-10-12-23-21(15-18)30-22-16-19(29-17(2)26)11-13-24(22)31(23)20-8-6-5-7-9-20/h5-13,15-16H,3-4,14H2,1-2H3/q+1. The van der Waals surface area contributed by atoms with E-state index in [0.29, 0.717) is 29.4 Å². The summed E-state index contributed by atoms with van der Waals surface area (Å²) in [6.45, 7) is 3.81. The first-order chi connectivity index (χ1) is 15.1. The van der Waals surface area contributed by atoms with Crippen molar-refractivity contribution < 1.29 is 23.8 Å². The van der Waals surface area contributed by atoms with Gasteiger partial charge in [0.1, 0.15) is 16.6 Å². The highest BCUT2D eigenvalue weighted by atomic mass is 32.2. The largest absolute Gasteiger partial charge is 0.462 e. The molecular weight excluding hydrogens is 412 g/mol. The van der Waals surface area contributed by atoms with E-state index >= 15 is 0 Å². The van der Waals surface area contributed by atoms with Gasteiger partial charge in [-0.15, -0.1) is 0 Å². The number of unbranched alkanes of at least 4 members (excludes halogenated alkanes) is 1. The normalized spacial score (nSPS) is 14.1. The Balaban J connectivity index is 1.75. The van der Waals surface area contributed by atoms with E-state index in [0.717, 1.165) is 27.5 Å². The van der Waals surface area contributed by atoms with Crippen molar-refractivity contribution in [2.24, 2.45) is 0 Å². The van der Waals surface area contributed by atoms with Crippen LogP contribution in [0.3, 0.4) is 0 Å². The predicted molar refractivity (Wildman–Crippen MR) is 118 cm³/mol. The van der Waals surface area contributed by atoms with Crippen molar-refractivity contribution in [1.82, 2.24) is 0 Å². The van der Waals surface area contributed by atoms with Crippen molar-refractivity contribution in [3.63, 3.8) is 0 Å². The van der Waals surface area contributed by atoms with Gasteiger partial charge < -0.3 is 14.2 Å². The molecule has 6 heteroatoms. The molecule has 0 spiro atoms. The molecule has 0 fully saturated rings. The van der Waals surface area contributed by atoms with Crippen molar-refractivity contribution in [3.8, 4) is 17.2 Å². The Morgan fingerprint density at radius 3 is 2.35 bits per heavy atom. The Morgan fingerprint density at radius 2 is 1.65 bits per heavy atom. The summed E-state index contributed by atoms with van der Waals surface area (Å²) in [5.41, 5.74) is 0.450. The van der Waals surface area contributed by atoms with Crippen LogP contribution in [-0.4, -0.2) is 18.5 Å². The van der Waals surface area contributed by atoms with Gasteiger partial charge in [0.25, 0.3) is 0 Å². The summed E-state index contributed by atoms with van der Waals surface area (Å²) in [6.07, 6.45) is 1.79. The molecule has 3 aromatic carbocycles. The molecule has 1 heterocycles. The Kier molecular flexibility index (Phi) is 6.28. The van der Waals surface area contributed by atoms with Gasteiger partial charge in [-0.1, -0.05) is 31.5 Å². The minimum absolute atomic E-state index is 0.362. The van der Waals surface area contributed by atoms with Crippen molar-refractivity contribution in [2.45, 2.75) is 41.4 Å². The number of benzene rings is 3. The van der Waals surface area contributed by atoms with Gasteiger partial charge in [-0.25, -0.2) is 4.79 Å². The minimum atomic E-state index is -0.425. The molecule has 1 atom stereocenters. The van der Waals surface area contributed by atoms with Crippen LogP contribution in [0.2, 0.25) is 0 Å². The second kappa shape index (κ2) is 9.27. The van der Waals surface area contributed by atoms with Gasteiger partial charge >= 0.3 is 11.9 Å². The van der Waals surface area contributed by atoms with Crippen LogP contribution in [0.15, 0.2) is 81.4 Å². The summed E-state index contributed by atoms with van der Waals surface area (Å²) in [5.74, 6) is 0.871. The van der Waals surface area contributed by atoms with Crippen molar-refractivity contribution in [2.75, 3.05) is 6.61 Å². The maximum Gasteiger partial charge on any atom is 0.338 e. The zero-order valence-corrected chi connectivity index (χ0v) is 18.2.